The van der Waals surface area contributed by atoms with Crippen molar-refractivity contribution in [3.05, 3.63) is 60.8 Å². The SMILES string of the molecule is CC/C=C/CC/C=C/CC/C=C/C(O)C(COC1OC(CO)C(O)C(O)C1O)NC(=O)CCCCCCCCC/C=C\C/C=C\CCCCCOC(=O)CCCCCCCCCCCCCCCCC. The maximum absolute atomic E-state index is 13.0. The molecule has 0 spiro atoms. The molecule has 0 aromatic carbocycles. The van der Waals surface area contributed by atoms with Crippen LogP contribution in [0, 0.1) is 0 Å². The van der Waals surface area contributed by atoms with E-state index >= 15 is 0 Å². The van der Waals surface area contributed by atoms with Gasteiger partial charge in [0.25, 0.3) is 0 Å². The number of unbranched alkanes of at least 4 members (excludes halogenated alkanes) is 26. The molecule has 0 aromatic heterocycles. The molecule has 406 valence electrons. The lowest BCUT2D eigenvalue weighted by molar-refractivity contribution is -0.302. The molecule has 0 saturated carbocycles. The standard InChI is InChI=1S/C59H105NO10/c1-3-5-7-9-11-13-15-16-20-24-27-31-35-39-43-47-55(64)68-48-44-40-36-32-28-25-22-19-17-18-21-23-26-30-34-38-42-46-54(63)60-51(50-69-59-58(67)57(66)56(65)53(49-61)70-59)52(62)45-41-37-33-29-14-12-10-8-6-4-2/h6,8,14,17,19,25,28-29,41,45,51-53,56-59,61-62,65-67H,3-5,7,9-13,15-16,18,20-24,26-27,30-40,42-44,46-50H2,1-2H3,(H,60,63)/b8-6+,19-17-,28-25-,29-14+,45-41+. The molecule has 7 unspecified atom stereocenters. The quantitative estimate of drug-likeness (QED) is 0.0196. The number of aliphatic hydroxyl groups is 5. The highest BCUT2D eigenvalue weighted by Gasteiger charge is 2.44. The van der Waals surface area contributed by atoms with Crippen LogP contribution in [0.4, 0.5) is 0 Å². The van der Waals surface area contributed by atoms with Gasteiger partial charge in [0.1, 0.15) is 24.4 Å². The fourth-order valence-corrected chi connectivity index (χ4v) is 8.56. The molecule has 1 rings (SSSR count). The van der Waals surface area contributed by atoms with Gasteiger partial charge in [0.05, 0.1) is 32.0 Å². The number of carbonyl (C=O) groups is 2. The number of ether oxygens (including phenoxy) is 3. The van der Waals surface area contributed by atoms with E-state index in [1.165, 1.54) is 103 Å². The van der Waals surface area contributed by atoms with Crippen LogP contribution >= 0.6 is 0 Å². The minimum Gasteiger partial charge on any atom is -0.466 e. The van der Waals surface area contributed by atoms with E-state index in [1.54, 1.807) is 6.08 Å². The second kappa shape index (κ2) is 48.6. The van der Waals surface area contributed by atoms with Crippen LogP contribution in [0.2, 0.25) is 0 Å². The Morgan fingerprint density at radius 1 is 0.543 bits per heavy atom. The molecular formula is C59H105NO10. The average Bonchev–Trinajstić information content (AvgIpc) is 3.36. The molecule has 0 aromatic rings. The van der Waals surface area contributed by atoms with Crippen molar-refractivity contribution < 1.29 is 49.3 Å². The Morgan fingerprint density at radius 3 is 1.56 bits per heavy atom. The number of nitrogens with one attached hydrogen (secondary N) is 1. The molecule has 11 nitrogen and oxygen atoms in total. The van der Waals surface area contributed by atoms with Crippen molar-refractivity contribution in [1.29, 1.82) is 0 Å². The summed E-state index contributed by atoms with van der Waals surface area (Å²) in [5.41, 5.74) is 0. The van der Waals surface area contributed by atoms with Crippen LogP contribution in [0.25, 0.3) is 0 Å². The van der Waals surface area contributed by atoms with E-state index in [4.69, 9.17) is 14.2 Å². The molecule has 1 saturated heterocycles. The third-order valence-electron chi connectivity index (χ3n) is 13.1. The number of esters is 1. The van der Waals surface area contributed by atoms with Crippen molar-refractivity contribution in [2.75, 3.05) is 19.8 Å². The highest BCUT2D eigenvalue weighted by molar-refractivity contribution is 5.76. The van der Waals surface area contributed by atoms with E-state index in [0.29, 0.717) is 25.9 Å². The Balaban J connectivity index is 2.10. The molecule has 1 aliphatic heterocycles. The number of carbonyl (C=O) groups excluding carboxylic acids is 2. The van der Waals surface area contributed by atoms with Gasteiger partial charge in [0.2, 0.25) is 5.91 Å². The van der Waals surface area contributed by atoms with Crippen LogP contribution in [-0.2, 0) is 23.8 Å². The van der Waals surface area contributed by atoms with Gasteiger partial charge in [-0.3, -0.25) is 9.59 Å². The third kappa shape index (κ3) is 38.0. The van der Waals surface area contributed by atoms with Crippen LogP contribution in [-0.4, -0.2) is 100 Å². The van der Waals surface area contributed by atoms with E-state index < -0.39 is 49.5 Å². The van der Waals surface area contributed by atoms with Crippen molar-refractivity contribution in [3.8, 4) is 0 Å². The summed E-state index contributed by atoms with van der Waals surface area (Å²) in [4.78, 5) is 25.0. The Morgan fingerprint density at radius 2 is 1.01 bits per heavy atom. The summed E-state index contributed by atoms with van der Waals surface area (Å²) in [5.74, 6) is -0.248. The lowest BCUT2D eigenvalue weighted by Crippen LogP contribution is -2.60. The summed E-state index contributed by atoms with van der Waals surface area (Å²) >= 11 is 0. The smallest absolute Gasteiger partial charge is 0.305 e. The maximum Gasteiger partial charge on any atom is 0.305 e. The summed E-state index contributed by atoms with van der Waals surface area (Å²) in [6, 6.07) is -0.846. The van der Waals surface area contributed by atoms with Gasteiger partial charge in [0, 0.05) is 12.8 Å². The second-order valence-electron chi connectivity index (χ2n) is 19.6. The van der Waals surface area contributed by atoms with E-state index in [2.05, 4.69) is 67.8 Å². The Hall–Kier alpha value is -2.64. The molecule has 1 fully saturated rings. The lowest BCUT2D eigenvalue weighted by Gasteiger charge is -2.40. The van der Waals surface area contributed by atoms with Gasteiger partial charge in [0.15, 0.2) is 6.29 Å². The molecule has 0 aliphatic carbocycles. The predicted molar refractivity (Wildman–Crippen MR) is 287 cm³/mol. The van der Waals surface area contributed by atoms with Gasteiger partial charge in [-0.1, -0.05) is 197 Å². The molecule has 1 heterocycles. The Bertz CT molecular complexity index is 1350. The zero-order valence-corrected chi connectivity index (χ0v) is 44.5. The molecule has 6 N–H and O–H groups in total. The van der Waals surface area contributed by atoms with Crippen molar-refractivity contribution in [3.63, 3.8) is 0 Å². The minimum absolute atomic E-state index is 0.0317. The zero-order valence-electron chi connectivity index (χ0n) is 44.5. The van der Waals surface area contributed by atoms with E-state index in [1.807, 2.05) is 6.08 Å². The van der Waals surface area contributed by atoms with Gasteiger partial charge in [-0.25, -0.2) is 0 Å². The minimum atomic E-state index is -1.59. The molecule has 1 aliphatic rings. The van der Waals surface area contributed by atoms with E-state index in [9.17, 15) is 35.1 Å². The van der Waals surface area contributed by atoms with Crippen molar-refractivity contribution in [2.24, 2.45) is 0 Å². The Kier molecular flexibility index (Phi) is 45.4. The van der Waals surface area contributed by atoms with Crippen molar-refractivity contribution in [1.82, 2.24) is 5.32 Å². The molecule has 0 radical (unpaired) electrons. The number of hydrogen-bond acceptors (Lipinski definition) is 10. The topological polar surface area (TPSA) is 175 Å². The summed E-state index contributed by atoms with van der Waals surface area (Å²) in [6.07, 6.45) is 51.8. The normalized spacial score (nSPS) is 19.7. The van der Waals surface area contributed by atoms with Gasteiger partial charge < -0.3 is 45.1 Å². The first-order chi connectivity index (χ1) is 34.2. The van der Waals surface area contributed by atoms with Crippen LogP contribution in [0.3, 0.4) is 0 Å². The number of hydrogen-bond donors (Lipinski definition) is 6. The summed E-state index contributed by atoms with van der Waals surface area (Å²) in [7, 11) is 0. The van der Waals surface area contributed by atoms with Gasteiger partial charge in [-0.05, 0) is 89.9 Å². The second-order valence-corrected chi connectivity index (χ2v) is 19.6. The van der Waals surface area contributed by atoms with Crippen LogP contribution < -0.4 is 5.32 Å². The van der Waals surface area contributed by atoms with Crippen molar-refractivity contribution in [2.45, 2.75) is 281 Å². The number of amides is 1. The first-order valence-electron chi connectivity index (χ1n) is 28.6. The average molecular weight is 988 g/mol. The van der Waals surface area contributed by atoms with E-state index in [-0.39, 0.29) is 18.5 Å². The van der Waals surface area contributed by atoms with Crippen molar-refractivity contribution >= 4 is 11.9 Å². The zero-order chi connectivity index (χ0) is 51.0. The third-order valence-corrected chi connectivity index (χ3v) is 13.1. The lowest BCUT2D eigenvalue weighted by atomic mass is 9.99. The highest BCUT2D eigenvalue weighted by Crippen LogP contribution is 2.23. The monoisotopic (exact) mass is 988 g/mol. The maximum atomic E-state index is 13.0. The van der Waals surface area contributed by atoms with Crippen LogP contribution in [0.5, 0.6) is 0 Å². The summed E-state index contributed by atoms with van der Waals surface area (Å²) in [6.45, 7) is 4.13. The highest BCUT2D eigenvalue weighted by atomic mass is 16.7. The molecule has 0 bridgehead atoms. The molecule has 7 atom stereocenters. The first kappa shape index (κ1) is 65.4. The Labute approximate surface area is 427 Å². The van der Waals surface area contributed by atoms with Crippen LogP contribution in [0.1, 0.15) is 239 Å². The van der Waals surface area contributed by atoms with E-state index in [0.717, 1.165) is 103 Å². The summed E-state index contributed by atoms with van der Waals surface area (Å²) in [5, 5.41) is 54.1. The van der Waals surface area contributed by atoms with Gasteiger partial charge in [-0.15, -0.1) is 0 Å². The molecule has 1 amide bonds. The number of rotatable bonds is 48. The number of allylic oxidation sites excluding steroid dienone is 9. The summed E-state index contributed by atoms with van der Waals surface area (Å²) < 4.78 is 16.6. The largest absolute Gasteiger partial charge is 0.466 e. The van der Waals surface area contributed by atoms with Crippen LogP contribution in [0.15, 0.2) is 60.8 Å². The molecule has 11 heteroatoms. The fourth-order valence-electron chi connectivity index (χ4n) is 8.56. The first-order valence-corrected chi connectivity index (χ1v) is 28.6. The molecular weight excluding hydrogens is 883 g/mol. The van der Waals surface area contributed by atoms with Gasteiger partial charge in [-0.2, -0.15) is 0 Å². The fraction of sp³-hybridized carbons (Fsp3) is 0.797. The predicted octanol–water partition coefficient (Wildman–Crippen LogP) is 12.7. The molecule has 70 heavy (non-hydrogen) atoms. The van der Waals surface area contributed by atoms with Gasteiger partial charge >= 0.3 is 5.97 Å². The number of aliphatic hydroxyl groups excluding tert-OH is 5.